The normalized spacial score (nSPS) is 14.6. The van der Waals surface area contributed by atoms with Gasteiger partial charge in [0, 0.05) is 6.07 Å². The Hall–Kier alpha value is -2.57. The maximum atomic E-state index is 10.8. The monoisotopic (exact) mass is 264 g/mol. The van der Waals surface area contributed by atoms with Crippen LogP contribution in [-0.2, 0) is 0 Å². The second kappa shape index (κ2) is 4.97. The number of carboxylic acid groups (broad SMARTS) is 1. The van der Waals surface area contributed by atoms with E-state index in [-0.39, 0.29) is 24.9 Å². The first-order valence-electron chi connectivity index (χ1n) is 5.56. The minimum absolute atomic E-state index is 0.0817. The summed E-state index contributed by atoms with van der Waals surface area (Å²) in [7, 11) is 0. The van der Waals surface area contributed by atoms with E-state index in [1.54, 1.807) is 6.07 Å². The van der Waals surface area contributed by atoms with Crippen molar-refractivity contribution in [2.75, 3.05) is 13.1 Å². The van der Waals surface area contributed by atoms with Gasteiger partial charge in [-0.25, -0.2) is 4.79 Å². The lowest BCUT2D eigenvalue weighted by Gasteiger charge is -2.36. The zero-order valence-corrected chi connectivity index (χ0v) is 9.98. The fraction of sp³-hybridized carbons (Fsp3) is 0.250. The largest absolute Gasteiger partial charge is 0.486 e. The minimum atomic E-state index is -0.995. The average molecular weight is 264 g/mol. The van der Waals surface area contributed by atoms with Crippen LogP contribution in [0.5, 0.6) is 5.75 Å². The maximum absolute atomic E-state index is 10.8. The molecule has 0 unspecified atom stereocenters. The molecular weight excluding hydrogens is 252 g/mol. The summed E-state index contributed by atoms with van der Waals surface area (Å²) in [6.07, 6.45) is 0.228. The lowest BCUT2D eigenvalue weighted by atomic mass is 10.1. The van der Waals surface area contributed by atoms with Crippen LogP contribution in [0.4, 0.5) is 10.5 Å². The van der Waals surface area contributed by atoms with Gasteiger partial charge in [-0.2, -0.15) is 0 Å². The van der Waals surface area contributed by atoms with Crippen molar-refractivity contribution in [3.63, 3.8) is 0 Å². The van der Waals surface area contributed by atoms with E-state index in [9.17, 15) is 14.9 Å². The summed E-state index contributed by atoms with van der Waals surface area (Å²) in [6, 6.07) is 4.34. The summed E-state index contributed by atoms with van der Waals surface area (Å²) < 4.78 is 5.51. The second-order valence-electron chi connectivity index (χ2n) is 4.15. The lowest BCUT2D eigenvalue weighted by Crippen LogP contribution is -2.55. The fourth-order valence-electron chi connectivity index (χ4n) is 1.76. The molecule has 0 atom stereocenters. The third-order valence-electron chi connectivity index (χ3n) is 2.78. The molecule has 0 aromatic heterocycles. The van der Waals surface area contributed by atoms with Gasteiger partial charge in [-0.05, 0) is 11.6 Å². The summed E-state index contributed by atoms with van der Waals surface area (Å²) >= 11 is 0. The Morgan fingerprint density at radius 1 is 1.53 bits per heavy atom. The summed E-state index contributed by atoms with van der Waals surface area (Å²) in [6.45, 7) is 4.09. The van der Waals surface area contributed by atoms with Crippen LogP contribution in [0.1, 0.15) is 5.56 Å². The number of nitro benzene ring substituents is 1. The Kier molecular flexibility index (Phi) is 3.37. The van der Waals surface area contributed by atoms with Gasteiger partial charge in [0.1, 0.15) is 11.9 Å². The molecule has 1 saturated heterocycles. The molecule has 0 bridgehead atoms. The van der Waals surface area contributed by atoms with Crippen molar-refractivity contribution in [1.82, 2.24) is 4.90 Å². The number of nitro groups is 1. The van der Waals surface area contributed by atoms with Crippen molar-refractivity contribution in [2.45, 2.75) is 6.10 Å². The molecule has 1 amide bonds. The molecule has 1 aromatic rings. The summed E-state index contributed by atoms with van der Waals surface area (Å²) in [5.74, 6) is 0.346. The topological polar surface area (TPSA) is 92.9 Å². The average Bonchev–Trinajstić information content (AvgIpc) is 2.32. The van der Waals surface area contributed by atoms with E-state index in [0.29, 0.717) is 11.3 Å². The Bertz CT molecular complexity index is 537. The molecule has 0 radical (unpaired) electrons. The zero-order chi connectivity index (χ0) is 14.0. The Labute approximate surface area is 108 Å². The number of benzene rings is 1. The summed E-state index contributed by atoms with van der Waals surface area (Å²) in [5, 5.41) is 19.4. The molecule has 0 saturated carbocycles. The molecule has 19 heavy (non-hydrogen) atoms. The van der Waals surface area contributed by atoms with Crippen molar-refractivity contribution >= 4 is 17.9 Å². The highest BCUT2D eigenvalue weighted by Crippen LogP contribution is 2.26. The van der Waals surface area contributed by atoms with E-state index in [0.717, 1.165) is 0 Å². The van der Waals surface area contributed by atoms with Crippen LogP contribution in [-0.4, -0.2) is 40.2 Å². The molecule has 7 nitrogen and oxygen atoms in total. The molecule has 7 heteroatoms. The standard InChI is InChI=1S/C12H12N2O5/c1-2-8-3-9(14(17)18)5-10(4-8)19-11-6-13(7-11)12(15)16/h2-5,11H,1,6-7H2,(H,15,16). The third kappa shape index (κ3) is 2.82. The molecule has 1 aliphatic rings. The first-order chi connectivity index (χ1) is 8.99. The van der Waals surface area contributed by atoms with Gasteiger partial charge in [0.15, 0.2) is 0 Å². The number of likely N-dealkylation sites (tertiary alicyclic amines) is 1. The number of non-ortho nitro benzene ring substituents is 1. The predicted molar refractivity (Wildman–Crippen MR) is 67.2 cm³/mol. The fourth-order valence-corrected chi connectivity index (χ4v) is 1.76. The summed E-state index contributed by atoms with van der Waals surface area (Å²) in [4.78, 5) is 22.0. The zero-order valence-electron chi connectivity index (χ0n) is 9.98. The first-order valence-corrected chi connectivity index (χ1v) is 5.56. The van der Waals surface area contributed by atoms with Gasteiger partial charge in [-0.1, -0.05) is 12.7 Å². The van der Waals surface area contributed by atoms with Gasteiger partial charge >= 0.3 is 6.09 Å². The third-order valence-corrected chi connectivity index (χ3v) is 2.78. The smallest absolute Gasteiger partial charge is 0.407 e. The summed E-state index contributed by atoms with van der Waals surface area (Å²) in [5.41, 5.74) is 0.500. The van der Waals surface area contributed by atoms with Gasteiger partial charge in [0.2, 0.25) is 0 Å². The molecular formula is C12H12N2O5. The number of nitrogens with zero attached hydrogens (tertiary/aromatic N) is 2. The maximum Gasteiger partial charge on any atom is 0.407 e. The molecule has 2 rings (SSSR count). The quantitative estimate of drug-likeness (QED) is 0.663. The Morgan fingerprint density at radius 3 is 2.74 bits per heavy atom. The SMILES string of the molecule is C=Cc1cc(OC2CN(C(=O)O)C2)cc([N+](=O)[O-])c1. The van der Waals surface area contributed by atoms with Gasteiger partial charge in [-0.15, -0.1) is 0 Å². The van der Waals surface area contributed by atoms with E-state index in [2.05, 4.69) is 6.58 Å². The van der Waals surface area contributed by atoms with Crippen molar-refractivity contribution in [3.05, 3.63) is 40.5 Å². The van der Waals surface area contributed by atoms with E-state index in [1.165, 1.54) is 23.1 Å². The number of carbonyl (C=O) groups is 1. The molecule has 1 N–H and O–H groups in total. The Balaban J connectivity index is 2.08. The highest BCUT2D eigenvalue weighted by atomic mass is 16.6. The number of hydrogen-bond acceptors (Lipinski definition) is 4. The van der Waals surface area contributed by atoms with E-state index in [1.807, 2.05) is 0 Å². The molecule has 1 heterocycles. The van der Waals surface area contributed by atoms with E-state index >= 15 is 0 Å². The van der Waals surface area contributed by atoms with E-state index < -0.39 is 11.0 Å². The van der Waals surface area contributed by atoms with Crippen molar-refractivity contribution in [1.29, 1.82) is 0 Å². The molecule has 1 fully saturated rings. The molecule has 1 aliphatic heterocycles. The number of rotatable bonds is 4. The first kappa shape index (κ1) is 12.9. The van der Waals surface area contributed by atoms with Gasteiger partial charge in [0.25, 0.3) is 5.69 Å². The highest BCUT2D eigenvalue weighted by Gasteiger charge is 2.32. The second-order valence-corrected chi connectivity index (χ2v) is 4.15. The van der Waals surface area contributed by atoms with Gasteiger partial charge in [0.05, 0.1) is 24.1 Å². The van der Waals surface area contributed by atoms with Crippen molar-refractivity contribution < 1.29 is 19.6 Å². The van der Waals surface area contributed by atoms with Crippen molar-refractivity contribution in [3.8, 4) is 5.75 Å². The van der Waals surface area contributed by atoms with Crippen LogP contribution in [0, 0.1) is 10.1 Å². The molecule has 0 aliphatic carbocycles. The number of hydrogen-bond donors (Lipinski definition) is 1. The van der Waals surface area contributed by atoms with Crippen LogP contribution in [0.15, 0.2) is 24.8 Å². The van der Waals surface area contributed by atoms with Crippen LogP contribution < -0.4 is 4.74 Å². The minimum Gasteiger partial charge on any atom is -0.486 e. The molecule has 0 spiro atoms. The number of amides is 1. The van der Waals surface area contributed by atoms with Gasteiger partial charge < -0.3 is 14.7 Å². The van der Waals surface area contributed by atoms with Crippen LogP contribution in [0.2, 0.25) is 0 Å². The van der Waals surface area contributed by atoms with Crippen LogP contribution in [0.25, 0.3) is 6.08 Å². The van der Waals surface area contributed by atoms with Crippen LogP contribution in [0.3, 0.4) is 0 Å². The lowest BCUT2D eigenvalue weighted by molar-refractivity contribution is -0.385. The van der Waals surface area contributed by atoms with Crippen LogP contribution >= 0.6 is 0 Å². The molecule has 100 valence electrons. The number of ether oxygens (including phenoxy) is 1. The highest BCUT2D eigenvalue weighted by molar-refractivity contribution is 5.66. The van der Waals surface area contributed by atoms with E-state index in [4.69, 9.17) is 9.84 Å². The molecule has 1 aromatic carbocycles. The van der Waals surface area contributed by atoms with Gasteiger partial charge in [-0.3, -0.25) is 10.1 Å². The predicted octanol–water partition coefficient (Wildman–Crippen LogP) is 1.98. The Morgan fingerprint density at radius 2 is 2.21 bits per heavy atom. The van der Waals surface area contributed by atoms with Crippen molar-refractivity contribution in [2.24, 2.45) is 0 Å².